The summed E-state index contributed by atoms with van der Waals surface area (Å²) in [4.78, 5) is 20.0. The standard InChI is InChI=1S/C25H29N5O3/c31-24-13-22-20(23(27-26-22)16-28-5-1-2-6-28)12-21(24)25(32)30-14-17-3-4-19(11-18(17)15-30)29-7-9-33-10-8-29/h3-4,11-13,31H,1-2,5-10,14-16H2,(H,26,27). The zero-order chi connectivity index (χ0) is 22.4. The molecule has 0 aliphatic carbocycles. The van der Waals surface area contributed by atoms with E-state index in [0.29, 0.717) is 18.7 Å². The molecule has 4 heterocycles. The number of phenols is 1. The smallest absolute Gasteiger partial charge is 0.258 e. The second kappa shape index (κ2) is 8.35. The van der Waals surface area contributed by atoms with Crippen molar-refractivity contribution in [2.24, 2.45) is 0 Å². The van der Waals surface area contributed by atoms with Gasteiger partial charge in [0.15, 0.2) is 0 Å². The normalized spacial score (nSPS) is 18.9. The van der Waals surface area contributed by atoms with Crippen LogP contribution in [0.4, 0.5) is 5.69 Å². The van der Waals surface area contributed by atoms with Gasteiger partial charge in [-0.2, -0.15) is 5.10 Å². The van der Waals surface area contributed by atoms with Gasteiger partial charge in [0, 0.05) is 49.9 Å². The number of likely N-dealkylation sites (tertiary alicyclic amines) is 1. The number of aromatic amines is 1. The number of ether oxygens (including phenoxy) is 1. The quantitative estimate of drug-likeness (QED) is 0.640. The van der Waals surface area contributed by atoms with E-state index in [-0.39, 0.29) is 11.7 Å². The van der Waals surface area contributed by atoms with Crippen LogP contribution in [0.3, 0.4) is 0 Å². The third kappa shape index (κ3) is 3.83. The van der Waals surface area contributed by atoms with Gasteiger partial charge in [-0.05, 0) is 55.3 Å². The highest BCUT2D eigenvalue weighted by Gasteiger charge is 2.28. The Kier molecular flexibility index (Phi) is 5.19. The summed E-state index contributed by atoms with van der Waals surface area (Å²) in [5.41, 5.74) is 5.55. The number of anilines is 1. The van der Waals surface area contributed by atoms with E-state index < -0.39 is 0 Å². The highest BCUT2D eigenvalue weighted by atomic mass is 16.5. The Morgan fingerprint density at radius 3 is 2.64 bits per heavy atom. The molecule has 2 fully saturated rings. The van der Waals surface area contributed by atoms with Crippen LogP contribution < -0.4 is 4.90 Å². The fourth-order valence-electron chi connectivity index (χ4n) is 5.26. The zero-order valence-corrected chi connectivity index (χ0v) is 18.7. The predicted molar refractivity (Wildman–Crippen MR) is 125 cm³/mol. The summed E-state index contributed by atoms with van der Waals surface area (Å²) in [6.07, 6.45) is 2.44. The summed E-state index contributed by atoms with van der Waals surface area (Å²) >= 11 is 0. The third-order valence-corrected chi connectivity index (χ3v) is 7.14. The summed E-state index contributed by atoms with van der Waals surface area (Å²) in [5, 5.41) is 19.0. The number of hydrogen-bond acceptors (Lipinski definition) is 6. The Labute approximate surface area is 192 Å². The van der Waals surface area contributed by atoms with Crippen LogP contribution in [0.1, 0.15) is 40.0 Å². The van der Waals surface area contributed by atoms with Crippen LogP contribution in [-0.4, -0.2) is 70.4 Å². The molecule has 0 bridgehead atoms. The van der Waals surface area contributed by atoms with Gasteiger partial charge in [-0.25, -0.2) is 0 Å². The summed E-state index contributed by atoms with van der Waals surface area (Å²) in [6, 6.07) is 9.90. The van der Waals surface area contributed by atoms with Crippen LogP contribution in [0.25, 0.3) is 10.9 Å². The van der Waals surface area contributed by atoms with Crippen molar-refractivity contribution in [3.63, 3.8) is 0 Å². The molecule has 2 N–H and O–H groups in total. The number of aromatic hydroxyl groups is 1. The van der Waals surface area contributed by atoms with Crippen molar-refractivity contribution in [2.75, 3.05) is 44.3 Å². The van der Waals surface area contributed by atoms with Gasteiger partial charge in [0.1, 0.15) is 5.75 Å². The number of aromatic nitrogens is 2. The van der Waals surface area contributed by atoms with Crippen LogP contribution in [-0.2, 0) is 24.4 Å². The van der Waals surface area contributed by atoms with Crippen molar-refractivity contribution < 1.29 is 14.6 Å². The number of rotatable bonds is 4. The van der Waals surface area contributed by atoms with E-state index in [0.717, 1.165) is 62.5 Å². The number of nitrogens with one attached hydrogen (secondary N) is 1. The van der Waals surface area contributed by atoms with Crippen LogP contribution in [0.5, 0.6) is 5.75 Å². The fourth-order valence-corrected chi connectivity index (χ4v) is 5.26. The molecule has 2 aromatic carbocycles. The van der Waals surface area contributed by atoms with E-state index >= 15 is 0 Å². The lowest BCUT2D eigenvalue weighted by Gasteiger charge is -2.29. The molecule has 8 nitrogen and oxygen atoms in total. The van der Waals surface area contributed by atoms with Gasteiger partial charge < -0.3 is 19.6 Å². The van der Waals surface area contributed by atoms with E-state index in [1.807, 2.05) is 11.0 Å². The van der Waals surface area contributed by atoms with Crippen molar-refractivity contribution in [1.29, 1.82) is 0 Å². The van der Waals surface area contributed by atoms with E-state index in [9.17, 15) is 9.90 Å². The molecule has 33 heavy (non-hydrogen) atoms. The first kappa shape index (κ1) is 20.5. The first-order chi connectivity index (χ1) is 16.2. The minimum absolute atomic E-state index is 0.00571. The molecule has 2 saturated heterocycles. The highest BCUT2D eigenvalue weighted by molar-refractivity contribution is 6.01. The predicted octanol–water partition coefficient (Wildman–Crippen LogP) is 2.86. The zero-order valence-electron chi connectivity index (χ0n) is 18.7. The molecule has 0 atom stereocenters. The van der Waals surface area contributed by atoms with Crippen LogP contribution in [0, 0.1) is 0 Å². The number of fused-ring (bicyclic) bond motifs is 2. The Morgan fingerprint density at radius 1 is 1.03 bits per heavy atom. The van der Waals surface area contributed by atoms with Crippen molar-refractivity contribution in [1.82, 2.24) is 20.0 Å². The molecule has 172 valence electrons. The number of benzene rings is 2. The van der Waals surface area contributed by atoms with E-state index in [1.54, 1.807) is 6.07 Å². The molecule has 1 aromatic heterocycles. The van der Waals surface area contributed by atoms with E-state index in [4.69, 9.17) is 4.74 Å². The average molecular weight is 448 g/mol. The van der Waals surface area contributed by atoms with Gasteiger partial charge in [0.25, 0.3) is 5.91 Å². The van der Waals surface area contributed by atoms with Crippen molar-refractivity contribution in [2.45, 2.75) is 32.5 Å². The Balaban J connectivity index is 1.24. The molecule has 1 amide bonds. The number of phenolic OH excluding ortho intramolecular Hbond substituents is 1. The number of nitrogens with zero attached hydrogens (tertiary/aromatic N) is 4. The van der Waals surface area contributed by atoms with Gasteiger partial charge in [0.2, 0.25) is 0 Å². The number of carbonyl (C=O) groups excluding carboxylic acids is 1. The molecule has 0 unspecified atom stereocenters. The molecule has 0 spiro atoms. The van der Waals surface area contributed by atoms with Crippen molar-refractivity contribution in [3.05, 3.63) is 52.7 Å². The summed E-state index contributed by atoms with van der Waals surface area (Å²) < 4.78 is 5.46. The number of hydrogen-bond donors (Lipinski definition) is 2. The lowest BCUT2D eigenvalue weighted by molar-refractivity contribution is 0.0748. The number of amides is 1. The maximum absolute atomic E-state index is 13.4. The van der Waals surface area contributed by atoms with Gasteiger partial charge in [-0.15, -0.1) is 0 Å². The number of carbonyl (C=O) groups is 1. The SMILES string of the molecule is O=C(c1cc2c(CN3CCCC3)n[nH]c2cc1O)N1Cc2ccc(N3CCOCC3)cc2C1. The fraction of sp³-hybridized carbons (Fsp3) is 0.440. The Hall–Kier alpha value is -3.10. The van der Waals surface area contributed by atoms with Gasteiger partial charge in [-0.3, -0.25) is 14.8 Å². The molecular formula is C25H29N5O3. The van der Waals surface area contributed by atoms with E-state index in [2.05, 4.69) is 38.2 Å². The Bertz CT molecular complexity index is 1190. The van der Waals surface area contributed by atoms with Crippen LogP contribution in [0.2, 0.25) is 0 Å². The topological polar surface area (TPSA) is 84.9 Å². The maximum atomic E-state index is 13.4. The average Bonchev–Trinajstić information content (AvgIpc) is 3.59. The number of morpholine rings is 1. The van der Waals surface area contributed by atoms with Crippen molar-refractivity contribution in [3.8, 4) is 5.75 Å². The van der Waals surface area contributed by atoms with Gasteiger partial charge >= 0.3 is 0 Å². The second-order valence-corrected chi connectivity index (χ2v) is 9.28. The molecule has 3 aliphatic heterocycles. The van der Waals surface area contributed by atoms with Gasteiger partial charge in [0.05, 0.1) is 30.0 Å². The molecule has 0 radical (unpaired) electrons. The lowest BCUT2D eigenvalue weighted by atomic mass is 10.1. The first-order valence-electron chi connectivity index (χ1n) is 11.8. The minimum Gasteiger partial charge on any atom is -0.507 e. The third-order valence-electron chi connectivity index (χ3n) is 7.14. The minimum atomic E-state index is -0.146. The molecule has 0 saturated carbocycles. The van der Waals surface area contributed by atoms with Crippen LogP contribution >= 0.6 is 0 Å². The maximum Gasteiger partial charge on any atom is 0.258 e. The first-order valence-corrected chi connectivity index (χ1v) is 11.8. The Morgan fingerprint density at radius 2 is 1.82 bits per heavy atom. The highest BCUT2D eigenvalue weighted by Crippen LogP contribution is 2.32. The summed E-state index contributed by atoms with van der Waals surface area (Å²) in [6.45, 7) is 7.30. The molecular weight excluding hydrogens is 418 g/mol. The van der Waals surface area contributed by atoms with Gasteiger partial charge in [-0.1, -0.05) is 6.07 Å². The largest absolute Gasteiger partial charge is 0.507 e. The molecule has 3 aromatic rings. The summed E-state index contributed by atoms with van der Waals surface area (Å²) in [5.74, 6) is -0.152. The summed E-state index contributed by atoms with van der Waals surface area (Å²) in [7, 11) is 0. The number of H-pyrrole nitrogens is 1. The monoisotopic (exact) mass is 447 g/mol. The van der Waals surface area contributed by atoms with Crippen molar-refractivity contribution >= 4 is 22.5 Å². The molecule has 6 rings (SSSR count). The second-order valence-electron chi connectivity index (χ2n) is 9.28. The van der Waals surface area contributed by atoms with Crippen LogP contribution in [0.15, 0.2) is 30.3 Å². The molecule has 8 heteroatoms. The molecule has 3 aliphatic rings. The van der Waals surface area contributed by atoms with E-state index in [1.165, 1.54) is 29.7 Å². The lowest BCUT2D eigenvalue weighted by Crippen LogP contribution is -2.36.